The number of amides is 1. The van der Waals surface area contributed by atoms with Gasteiger partial charge in [0, 0.05) is 10.6 Å². The van der Waals surface area contributed by atoms with Gasteiger partial charge in [0.25, 0.3) is 5.78 Å². The van der Waals surface area contributed by atoms with Crippen LogP contribution in [0.1, 0.15) is 22.7 Å². The van der Waals surface area contributed by atoms with Crippen LogP contribution in [0.5, 0.6) is 0 Å². The molecule has 5 nitrogen and oxygen atoms in total. The Balaban J connectivity index is 1.74. The molecule has 0 bridgehead atoms. The van der Waals surface area contributed by atoms with Crippen molar-refractivity contribution in [2.45, 2.75) is 13.0 Å². The molecule has 0 aliphatic carbocycles. The third-order valence-electron chi connectivity index (χ3n) is 5.54. The molecule has 1 unspecified atom stereocenters. The summed E-state index contributed by atoms with van der Waals surface area (Å²) in [6.07, 6.45) is 0. The first kappa shape index (κ1) is 22.9. The topological polar surface area (TPSA) is 70.5 Å². The fraction of sp³-hybridized carbons (Fsp3) is 0.0800. The van der Waals surface area contributed by atoms with Gasteiger partial charge >= 0.3 is 5.91 Å². The van der Waals surface area contributed by atoms with Crippen LogP contribution in [0.15, 0.2) is 66.2 Å². The first-order valence-corrected chi connectivity index (χ1v) is 12.1. The summed E-state index contributed by atoms with van der Waals surface area (Å²) in [7, 11) is 0. The van der Waals surface area contributed by atoms with E-state index in [0.29, 0.717) is 26.3 Å². The van der Waals surface area contributed by atoms with Crippen LogP contribution in [-0.2, 0) is 9.59 Å². The molecule has 1 aromatic heterocycles. The second-order valence-corrected chi connectivity index (χ2v) is 10.1. The maximum absolute atomic E-state index is 13.3. The van der Waals surface area contributed by atoms with E-state index in [-0.39, 0.29) is 21.9 Å². The number of ketones is 1. The number of aryl methyl sites for hydroxylation is 1. The summed E-state index contributed by atoms with van der Waals surface area (Å²) in [6.45, 7) is 1.91. The van der Waals surface area contributed by atoms with Gasteiger partial charge in [-0.3, -0.25) is 14.5 Å². The largest absolute Gasteiger partial charge is 0.507 e. The molecule has 1 aliphatic rings. The molecule has 3 aromatic carbocycles. The lowest BCUT2D eigenvalue weighted by Gasteiger charge is -2.23. The van der Waals surface area contributed by atoms with Gasteiger partial charge < -0.3 is 5.11 Å². The van der Waals surface area contributed by atoms with E-state index in [1.54, 1.807) is 24.3 Å². The number of carbonyl (C=O) groups is 2. The fourth-order valence-corrected chi connectivity index (χ4v) is 5.54. The van der Waals surface area contributed by atoms with Gasteiger partial charge in [-0.15, -0.1) is 0 Å². The minimum atomic E-state index is -0.884. The molecule has 1 fully saturated rings. The van der Waals surface area contributed by atoms with Gasteiger partial charge in [0.2, 0.25) is 0 Å². The highest BCUT2D eigenvalue weighted by Gasteiger charge is 2.48. The van der Waals surface area contributed by atoms with Crippen LogP contribution in [0, 0.1) is 6.92 Å². The standard InChI is InChI=1S/C25H15Cl3N2O3S/c1-12-3-2-4-13(9-12)21-20(22(31)14-5-7-16(27)17(28)10-14)23(32)24(33)30(21)25-29-18-8-6-15(26)11-19(18)34-25/h2-11,21,31H,1H3/b22-20+. The molecule has 1 amide bonds. The predicted molar refractivity (Wildman–Crippen MR) is 137 cm³/mol. The van der Waals surface area contributed by atoms with Gasteiger partial charge in [-0.25, -0.2) is 4.98 Å². The quantitative estimate of drug-likeness (QED) is 0.173. The second-order valence-electron chi connectivity index (χ2n) is 7.82. The van der Waals surface area contributed by atoms with Gasteiger partial charge in [0.05, 0.1) is 31.9 Å². The number of anilines is 1. The number of halogens is 3. The third kappa shape index (κ3) is 3.87. The predicted octanol–water partition coefficient (Wildman–Crippen LogP) is 7.19. The van der Waals surface area contributed by atoms with Crippen LogP contribution in [-0.4, -0.2) is 21.8 Å². The summed E-state index contributed by atoms with van der Waals surface area (Å²) in [5.74, 6) is -1.93. The first-order chi connectivity index (χ1) is 16.2. The molecule has 5 rings (SSSR count). The summed E-state index contributed by atoms with van der Waals surface area (Å²) < 4.78 is 0.775. The van der Waals surface area contributed by atoms with Gasteiger partial charge in [0.1, 0.15) is 5.76 Å². The van der Waals surface area contributed by atoms with Crippen LogP contribution < -0.4 is 4.90 Å². The number of nitrogens with zero attached hydrogens (tertiary/aromatic N) is 2. The highest BCUT2D eigenvalue weighted by Crippen LogP contribution is 2.45. The van der Waals surface area contributed by atoms with E-state index in [4.69, 9.17) is 34.8 Å². The minimum Gasteiger partial charge on any atom is -0.507 e. The smallest absolute Gasteiger partial charge is 0.301 e. The van der Waals surface area contributed by atoms with Crippen molar-refractivity contribution in [2.24, 2.45) is 0 Å². The number of hydrogen-bond donors (Lipinski definition) is 1. The molecule has 34 heavy (non-hydrogen) atoms. The van der Waals surface area contributed by atoms with Gasteiger partial charge in [-0.2, -0.15) is 0 Å². The van der Waals surface area contributed by atoms with E-state index in [2.05, 4.69) is 4.98 Å². The number of rotatable bonds is 3. The van der Waals surface area contributed by atoms with Gasteiger partial charge in [-0.1, -0.05) is 76.0 Å². The van der Waals surface area contributed by atoms with Crippen LogP contribution >= 0.6 is 46.1 Å². The Morgan fingerprint density at radius 2 is 1.79 bits per heavy atom. The number of thiazole rings is 1. The number of aliphatic hydroxyl groups excluding tert-OH is 1. The highest BCUT2D eigenvalue weighted by atomic mass is 35.5. The van der Waals surface area contributed by atoms with Crippen molar-refractivity contribution >= 4 is 78.9 Å². The molecule has 4 aromatic rings. The van der Waals surface area contributed by atoms with Crippen LogP contribution in [0.3, 0.4) is 0 Å². The van der Waals surface area contributed by atoms with E-state index in [0.717, 1.165) is 10.3 Å². The van der Waals surface area contributed by atoms with E-state index in [9.17, 15) is 14.7 Å². The monoisotopic (exact) mass is 528 g/mol. The lowest BCUT2D eigenvalue weighted by molar-refractivity contribution is -0.132. The van der Waals surface area contributed by atoms with Crippen LogP contribution in [0.2, 0.25) is 15.1 Å². The Hall–Kier alpha value is -2.90. The number of carbonyl (C=O) groups excluding carboxylic acids is 2. The zero-order valence-corrected chi connectivity index (χ0v) is 20.6. The lowest BCUT2D eigenvalue weighted by atomic mass is 9.94. The molecule has 0 radical (unpaired) electrons. The minimum absolute atomic E-state index is 0.0497. The SMILES string of the molecule is Cc1cccc(C2/C(=C(\O)c3ccc(Cl)c(Cl)c3)C(=O)C(=O)N2c2nc3ccc(Cl)cc3s2)c1. The normalized spacial score (nSPS) is 17.6. The van der Waals surface area contributed by atoms with E-state index in [1.807, 2.05) is 31.2 Å². The maximum atomic E-state index is 13.3. The second kappa shape index (κ2) is 8.71. The molecule has 1 saturated heterocycles. The van der Waals surface area contributed by atoms with Gasteiger partial charge in [0.15, 0.2) is 5.13 Å². The summed E-state index contributed by atoms with van der Waals surface area (Å²) in [4.78, 5) is 32.5. The Bertz CT molecular complexity index is 1530. The Morgan fingerprint density at radius 3 is 2.53 bits per heavy atom. The molecule has 170 valence electrons. The zero-order valence-electron chi connectivity index (χ0n) is 17.6. The van der Waals surface area contributed by atoms with Crippen molar-refractivity contribution in [3.05, 3.63) is 98.0 Å². The number of aliphatic hydroxyl groups is 1. The summed E-state index contributed by atoms with van der Waals surface area (Å²) in [5.41, 5.74) is 2.48. The number of benzene rings is 3. The van der Waals surface area contributed by atoms with Gasteiger partial charge in [-0.05, 0) is 48.9 Å². The lowest BCUT2D eigenvalue weighted by Crippen LogP contribution is -2.29. The fourth-order valence-electron chi connectivity index (χ4n) is 3.97. The van der Waals surface area contributed by atoms with Crippen molar-refractivity contribution in [3.63, 3.8) is 0 Å². The van der Waals surface area contributed by atoms with Crippen molar-refractivity contribution in [1.29, 1.82) is 0 Å². The third-order valence-corrected chi connectivity index (χ3v) is 7.53. The van der Waals surface area contributed by atoms with Crippen molar-refractivity contribution in [3.8, 4) is 0 Å². The number of fused-ring (bicyclic) bond motifs is 1. The van der Waals surface area contributed by atoms with E-state index in [1.165, 1.54) is 28.4 Å². The van der Waals surface area contributed by atoms with Crippen molar-refractivity contribution in [1.82, 2.24) is 4.98 Å². The molecule has 1 N–H and O–H groups in total. The average Bonchev–Trinajstić information content (AvgIpc) is 3.33. The molecule has 0 saturated carbocycles. The highest BCUT2D eigenvalue weighted by molar-refractivity contribution is 7.22. The first-order valence-electron chi connectivity index (χ1n) is 10.1. The van der Waals surface area contributed by atoms with E-state index >= 15 is 0 Å². The summed E-state index contributed by atoms with van der Waals surface area (Å²) in [5, 5.41) is 12.6. The molecular formula is C25H15Cl3N2O3S. The maximum Gasteiger partial charge on any atom is 0.301 e. The number of hydrogen-bond acceptors (Lipinski definition) is 5. The van der Waals surface area contributed by atoms with E-state index < -0.39 is 17.7 Å². The summed E-state index contributed by atoms with van der Waals surface area (Å²) in [6, 6.07) is 16.3. The number of aromatic nitrogens is 1. The molecule has 1 aliphatic heterocycles. The average molecular weight is 530 g/mol. The molecule has 1 atom stereocenters. The van der Waals surface area contributed by atoms with Crippen LogP contribution in [0.25, 0.3) is 16.0 Å². The Labute approximate surface area is 213 Å². The summed E-state index contributed by atoms with van der Waals surface area (Å²) >= 11 is 19.5. The zero-order chi connectivity index (χ0) is 24.1. The molecule has 9 heteroatoms. The Kier molecular flexibility index (Phi) is 5.86. The molecular weight excluding hydrogens is 515 g/mol. The molecule has 0 spiro atoms. The van der Waals surface area contributed by atoms with Crippen molar-refractivity contribution in [2.75, 3.05) is 4.90 Å². The van der Waals surface area contributed by atoms with Crippen molar-refractivity contribution < 1.29 is 14.7 Å². The molecule has 2 heterocycles. The Morgan fingerprint density at radius 1 is 1.00 bits per heavy atom. The number of Topliss-reactive ketones (excluding diaryl/α,β-unsaturated/α-hetero) is 1. The van der Waals surface area contributed by atoms with Crippen LogP contribution in [0.4, 0.5) is 5.13 Å².